The second kappa shape index (κ2) is 8.76. The number of rotatable bonds is 11. The van der Waals surface area contributed by atoms with E-state index < -0.39 is 49.8 Å². The van der Waals surface area contributed by atoms with Crippen LogP contribution in [0.3, 0.4) is 0 Å². The molecule has 0 radical (unpaired) electrons. The van der Waals surface area contributed by atoms with Gasteiger partial charge in [-0.1, -0.05) is 0 Å². The van der Waals surface area contributed by atoms with E-state index in [1.807, 2.05) is 0 Å². The molecule has 6 N–H and O–H groups in total. The van der Waals surface area contributed by atoms with Gasteiger partial charge in [0.1, 0.15) is 6.04 Å². The van der Waals surface area contributed by atoms with Gasteiger partial charge in [-0.25, -0.2) is 0 Å². The average Bonchev–Trinajstić information content (AvgIpc) is 2.33. The maximum absolute atomic E-state index is 11.9. The van der Waals surface area contributed by atoms with Crippen molar-refractivity contribution in [3.63, 3.8) is 0 Å². The van der Waals surface area contributed by atoms with Crippen LogP contribution in [0.5, 0.6) is 0 Å². The lowest BCUT2D eigenvalue weighted by Crippen LogP contribution is -2.30. The maximum atomic E-state index is 11.9. The zero-order chi connectivity index (χ0) is 16.6. The van der Waals surface area contributed by atoms with Gasteiger partial charge in [-0.15, -0.1) is 0 Å². The van der Waals surface area contributed by atoms with E-state index in [-0.39, 0.29) is 25.4 Å². The first kappa shape index (κ1) is 19.6. The number of carbonyl (C=O) groups is 3. The van der Waals surface area contributed by atoms with Crippen LogP contribution >= 0.6 is 7.37 Å². The Kier molecular flexibility index (Phi) is 8.16. The summed E-state index contributed by atoms with van der Waals surface area (Å²) in [6.07, 6.45) is -1.33. The second-order valence-corrected chi connectivity index (χ2v) is 7.31. The molecular weight excluding hydrogens is 305 g/mol. The summed E-state index contributed by atoms with van der Waals surface area (Å²) in [7, 11) is -3.77. The lowest BCUT2D eigenvalue weighted by Gasteiger charge is -2.17. The molecule has 0 aromatic rings. The van der Waals surface area contributed by atoms with Crippen molar-refractivity contribution in [2.45, 2.75) is 31.7 Å². The second-order valence-electron chi connectivity index (χ2n) is 4.81. The van der Waals surface area contributed by atoms with E-state index >= 15 is 0 Å². The predicted molar refractivity (Wildman–Crippen MR) is 72.4 cm³/mol. The van der Waals surface area contributed by atoms with Gasteiger partial charge in [0.2, 0.25) is 7.37 Å². The fourth-order valence-corrected chi connectivity index (χ4v) is 3.59. The van der Waals surface area contributed by atoms with E-state index in [1.54, 1.807) is 0 Å². The van der Waals surface area contributed by atoms with Crippen LogP contribution in [0, 0.1) is 5.92 Å². The molecular formula is C11H20NO8P. The molecule has 3 unspecified atom stereocenters. The highest BCUT2D eigenvalue weighted by Gasteiger charge is 2.29. The molecule has 0 fully saturated rings. The fraction of sp³-hybridized carbons (Fsp3) is 0.727. The number of hydrogen-bond donors (Lipinski definition) is 5. The Morgan fingerprint density at radius 1 is 1.05 bits per heavy atom. The molecule has 0 saturated heterocycles. The summed E-state index contributed by atoms with van der Waals surface area (Å²) in [4.78, 5) is 41.5. The molecule has 3 atom stereocenters. The van der Waals surface area contributed by atoms with E-state index in [1.165, 1.54) is 0 Å². The molecule has 0 aliphatic rings. The minimum absolute atomic E-state index is 0.00669. The number of carboxylic acid groups (broad SMARTS) is 3. The lowest BCUT2D eigenvalue weighted by atomic mass is 10.1. The number of nitrogens with two attached hydrogens (primary N) is 1. The van der Waals surface area contributed by atoms with Crippen molar-refractivity contribution in [3.8, 4) is 0 Å². The van der Waals surface area contributed by atoms with Gasteiger partial charge >= 0.3 is 17.9 Å². The van der Waals surface area contributed by atoms with Crippen molar-refractivity contribution < 1.29 is 39.2 Å². The maximum Gasteiger partial charge on any atom is 0.320 e. The minimum atomic E-state index is -3.77. The van der Waals surface area contributed by atoms with Crippen molar-refractivity contribution in [1.29, 1.82) is 0 Å². The van der Waals surface area contributed by atoms with E-state index in [4.69, 9.17) is 21.1 Å². The molecule has 10 heteroatoms. The van der Waals surface area contributed by atoms with E-state index in [9.17, 15) is 23.8 Å². The molecule has 0 heterocycles. The summed E-state index contributed by atoms with van der Waals surface area (Å²) < 4.78 is 11.9. The Morgan fingerprint density at radius 2 is 1.62 bits per heavy atom. The standard InChI is InChI=1S/C11H20NO8P/c12-8(11(17)18)2-1-5-21(19,20)6-7(10(15)16)3-4-9(13)14/h7-8H,1-6,12H2,(H,13,14)(H,15,16)(H,17,18)(H,19,20). The van der Waals surface area contributed by atoms with Crippen molar-refractivity contribution >= 4 is 25.3 Å². The van der Waals surface area contributed by atoms with E-state index in [0.717, 1.165) is 0 Å². The van der Waals surface area contributed by atoms with Gasteiger partial charge in [0.05, 0.1) is 5.92 Å². The van der Waals surface area contributed by atoms with Gasteiger partial charge in [0.15, 0.2) is 0 Å². The Labute approximate surface area is 121 Å². The van der Waals surface area contributed by atoms with E-state index in [2.05, 4.69) is 0 Å². The van der Waals surface area contributed by atoms with Crippen LogP contribution in [0.25, 0.3) is 0 Å². The van der Waals surface area contributed by atoms with Crippen LogP contribution < -0.4 is 5.73 Å². The topological polar surface area (TPSA) is 175 Å². The van der Waals surface area contributed by atoms with Crippen molar-refractivity contribution in [2.75, 3.05) is 12.3 Å². The van der Waals surface area contributed by atoms with Gasteiger partial charge < -0.3 is 25.9 Å². The monoisotopic (exact) mass is 325 g/mol. The molecule has 0 amide bonds. The molecule has 0 spiro atoms. The summed E-state index contributed by atoms with van der Waals surface area (Å²) in [5.41, 5.74) is 5.25. The normalized spacial score (nSPS) is 16.7. The summed E-state index contributed by atoms with van der Waals surface area (Å²) in [6.45, 7) is 0. The smallest absolute Gasteiger partial charge is 0.320 e. The van der Waals surface area contributed by atoms with Crippen LogP contribution in [0.4, 0.5) is 0 Å². The van der Waals surface area contributed by atoms with Gasteiger partial charge in [-0.3, -0.25) is 18.9 Å². The SMILES string of the molecule is NC(CCCP(=O)(O)CC(CCC(=O)O)C(=O)O)C(=O)O. The van der Waals surface area contributed by atoms with Crippen molar-refractivity contribution in [1.82, 2.24) is 0 Å². The molecule has 0 saturated carbocycles. The summed E-state index contributed by atoms with van der Waals surface area (Å²) in [5.74, 6) is -4.94. The summed E-state index contributed by atoms with van der Waals surface area (Å²) in [5, 5.41) is 26.0. The zero-order valence-electron chi connectivity index (χ0n) is 11.3. The summed E-state index contributed by atoms with van der Waals surface area (Å²) in [6, 6.07) is -1.13. The van der Waals surface area contributed by atoms with Gasteiger partial charge in [-0.2, -0.15) is 0 Å². The summed E-state index contributed by atoms with van der Waals surface area (Å²) >= 11 is 0. The molecule has 0 aromatic carbocycles. The van der Waals surface area contributed by atoms with Gasteiger partial charge in [0, 0.05) is 18.7 Å². The van der Waals surface area contributed by atoms with Crippen molar-refractivity contribution in [3.05, 3.63) is 0 Å². The number of aliphatic carboxylic acids is 3. The highest BCUT2D eigenvalue weighted by molar-refractivity contribution is 7.58. The third kappa shape index (κ3) is 9.17. The third-order valence-corrected chi connectivity index (χ3v) is 4.93. The number of hydrogen-bond acceptors (Lipinski definition) is 5. The molecule has 0 aliphatic heterocycles. The Morgan fingerprint density at radius 3 is 2.05 bits per heavy atom. The lowest BCUT2D eigenvalue weighted by molar-refractivity contribution is -0.142. The minimum Gasteiger partial charge on any atom is -0.481 e. The molecule has 9 nitrogen and oxygen atoms in total. The molecule has 122 valence electrons. The van der Waals surface area contributed by atoms with Crippen molar-refractivity contribution in [2.24, 2.45) is 11.7 Å². The van der Waals surface area contributed by atoms with Crippen LogP contribution in [-0.4, -0.2) is 56.5 Å². The fourth-order valence-electron chi connectivity index (χ4n) is 1.71. The largest absolute Gasteiger partial charge is 0.481 e. The highest BCUT2D eigenvalue weighted by Crippen LogP contribution is 2.44. The average molecular weight is 325 g/mol. The van der Waals surface area contributed by atoms with Crippen LogP contribution in [0.2, 0.25) is 0 Å². The van der Waals surface area contributed by atoms with Gasteiger partial charge in [0.25, 0.3) is 0 Å². The quantitative estimate of drug-likeness (QED) is 0.328. The number of carboxylic acids is 3. The Bertz CT molecular complexity index is 438. The molecule has 21 heavy (non-hydrogen) atoms. The van der Waals surface area contributed by atoms with Crippen LogP contribution in [-0.2, 0) is 18.9 Å². The first-order valence-electron chi connectivity index (χ1n) is 6.29. The first-order chi connectivity index (χ1) is 9.55. The Balaban J connectivity index is 4.40. The zero-order valence-corrected chi connectivity index (χ0v) is 12.2. The predicted octanol–water partition coefficient (Wildman–Crippen LogP) is 0.0145. The molecule has 0 aromatic heterocycles. The van der Waals surface area contributed by atoms with E-state index in [0.29, 0.717) is 0 Å². The first-order valence-corrected chi connectivity index (χ1v) is 8.32. The van der Waals surface area contributed by atoms with Gasteiger partial charge in [-0.05, 0) is 19.3 Å². The molecule has 0 aliphatic carbocycles. The van der Waals surface area contributed by atoms with Crippen LogP contribution in [0.1, 0.15) is 25.7 Å². The third-order valence-electron chi connectivity index (χ3n) is 2.90. The Hall–Kier alpha value is -1.44. The highest BCUT2D eigenvalue weighted by atomic mass is 31.2. The van der Waals surface area contributed by atoms with Crippen LogP contribution in [0.15, 0.2) is 0 Å². The molecule has 0 rings (SSSR count). The molecule has 0 bridgehead atoms.